The minimum absolute atomic E-state index is 0.604. The maximum Gasteiger partial charge on any atom is 0.144 e. The normalized spacial score (nSPS) is 9.71. The van der Waals surface area contributed by atoms with Crippen molar-refractivity contribution in [2.75, 3.05) is 5.32 Å². The van der Waals surface area contributed by atoms with E-state index in [1.807, 2.05) is 12.1 Å². The molecule has 0 spiro atoms. The highest BCUT2D eigenvalue weighted by atomic mass is 15.1. The summed E-state index contributed by atoms with van der Waals surface area (Å²) in [5.41, 5.74) is 0.873. The van der Waals surface area contributed by atoms with Gasteiger partial charge in [-0.05, 0) is 12.1 Å². The number of rotatable bonds is 3. The van der Waals surface area contributed by atoms with Crippen molar-refractivity contribution < 1.29 is 0 Å². The molecule has 0 unspecified atom stereocenters. The predicted molar refractivity (Wildman–Crippen MR) is 51.4 cm³/mol. The van der Waals surface area contributed by atoms with Gasteiger partial charge in [-0.3, -0.25) is 4.98 Å². The molecule has 0 radical (unpaired) electrons. The third-order valence-electron chi connectivity index (χ3n) is 1.64. The molecule has 70 valence electrons. The van der Waals surface area contributed by atoms with Gasteiger partial charge in [-0.1, -0.05) is 0 Å². The number of nitrogens with one attached hydrogen (secondary N) is 1. The molecule has 0 aliphatic heterocycles. The van der Waals surface area contributed by atoms with Crippen molar-refractivity contribution in [3.8, 4) is 0 Å². The van der Waals surface area contributed by atoms with Gasteiger partial charge in [0.2, 0.25) is 0 Å². The summed E-state index contributed by atoms with van der Waals surface area (Å²) in [6.45, 7) is 0.604. The van der Waals surface area contributed by atoms with Crippen LogP contribution in [0.5, 0.6) is 0 Å². The second-order valence-electron chi connectivity index (χ2n) is 2.66. The van der Waals surface area contributed by atoms with Crippen molar-refractivity contribution in [2.45, 2.75) is 6.54 Å². The van der Waals surface area contributed by atoms with Gasteiger partial charge in [0.05, 0.1) is 18.4 Å². The van der Waals surface area contributed by atoms with E-state index in [1.54, 1.807) is 24.8 Å². The number of hydrogen-bond acceptors (Lipinski definition) is 5. The fraction of sp³-hybridized carbons (Fsp3) is 0.111. The van der Waals surface area contributed by atoms with E-state index >= 15 is 0 Å². The molecule has 5 nitrogen and oxygen atoms in total. The summed E-state index contributed by atoms with van der Waals surface area (Å²) in [6.07, 6.45) is 6.58. The second kappa shape index (κ2) is 4.27. The largest absolute Gasteiger partial charge is 0.363 e. The first-order valence-electron chi connectivity index (χ1n) is 4.21. The monoisotopic (exact) mass is 187 g/mol. The predicted octanol–water partition coefficient (Wildman–Crippen LogP) is 0.879. The molecule has 0 aliphatic rings. The zero-order valence-electron chi connectivity index (χ0n) is 7.46. The lowest BCUT2D eigenvalue weighted by Crippen LogP contribution is -2.03. The molecule has 0 fully saturated rings. The summed E-state index contributed by atoms with van der Waals surface area (Å²) in [4.78, 5) is 8.01. The standard InChI is InChI=1S/C9H9N5/c1-2-8(14-13-3-1)6-12-9-7-10-4-5-11-9/h1-5,7H,6H2,(H,11,12). The van der Waals surface area contributed by atoms with Crippen molar-refractivity contribution >= 4 is 5.82 Å². The van der Waals surface area contributed by atoms with Gasteiger partial charge in [0, 0.05) is 18.6 Å². The van der Waals surface area contributed by atoms with Gasteiger partial charge in [0.15, 0.2) is 0 Å². The maximum absolute atomic E-state index is 4.07. The molecule has 2 heterocycles. The molecule has 0 atom stereocenters. The first kappa shape index (κ1) is 8.55. The molecule has 2 rings (SSSR count). The molecular formula is C9H9N5. The van der Waals surface area contributed by atoms with Crippen molar-refractivity contribution in [1.29, 1.82) is 0 Å². The Morgan fingerprint density at radius 2 is 2.21 bits per heavy atom. The lowest BCUT2D eigenvalue weighted by atomic mass is 10.4. The molecule has 0 aliphatic carbocycles. The number of hydrogen-bond donors (Lipinski definition) is 1. The Hall–Kier alpha value is -2.04. The van der Waals surface area contributed by atoms with Crippen molar-refractivity contribution in [1.82, 2.24) is 20.2 Å². The summed E-state index contributed by atoms with van der Waals surface area (Å²) < 4.78 is 0. The highest BCUT2D eigenvalue weighted by molar-refractivity contribution is 5.30. The van der Waals surface area contributed by atoms with Gasteiger partial charge in [-0.15, -0.1) is 0 Å². The third kappa shape index (κ3) is 2.22. The number of nitrogens with zero attached hydrogens (tertiary/aromatic N) is 4. The van der Waals surface area contributed by atoms with E-state index in [9.17, 15) is 0 Å². The molecule has 1 N–H and O–H groups in total. The van der Waals surface area contributed by atoms with Gasteiger partial charge in [0.25, 0.3) is 0 Å². The topological polar surface area (TPSA) is 63.6 Å². The smallest absolute Gasteiger partial charge is 0.144 e. The van der Waals surface area contributed by atoms with E-state index in [1.165, 1.54) is 0 Å². The van der Waals surface area contributed by atoms with E-state index < -0.39 is 0 Å². The molecule has 2 aromatic heterocycles. The summed E-state index contributed by atoms with van der Waals surface area (Å²) >= 11 is 0. The van der Waals surface area contributed by atoms with Gasteiger partial charge in [0.1, 0.15) is 5.82 Å². The van der Waals surface area contributed by atoms with Gasteiger partial charge in [-0.2, -0.15) is 10.2 Å². The van der Waals surface area contributed by atoms with Crippen LogP contribution in [0, 0.1) is 0 Å². The van der Waals surface area contributed by atoms with Crippen molar-refractivity contribution in [3.63, 3.8) is 0 Å². The van der Waals surface area contributed by atoms with Gasteiger partial charge < -0.3 is 5.32 Å². The second-order valence-corrected chi connectivity index (χ2v) is 2.66. The molecule has 2 aromatic rings. The third-order valence-corrected chi connectivity index (χ3v) is 1.64. The highest BCUT2D eigenvalue weighted by Gasteiger charge is 1.94. The lowest BCUT2D eigenvalue weighted by Gasteiger charge is -2.02. The van der Waals surface area contributed by atoms with Crippen molar-refractivity contribution in [3.05, 3.63) is 42.6 Å². The summed E-state index contributed by atoms with van der Waals surface area (Å²) in [7, 11) is 0. The van der Waals surface area contributed by atoms with Crippen LogP contribution >= 0.6 is 0 Å². The fourth-order valence-corrected chi connectivity index (χ4v) is 0.999. The Morgan fingerprint density at radius 3 is 2.93 bits per heavy atom. The maximum atomic E-state index is 4.07. The van der Waals surface area contributed by atoms with Crippen LogP contribution in [0.25, 0.3) is 0 Å². The fourth-order valence-electron chi connectivity index (χ4n) is 0.999. The quantitative estimate of drug-likeness (QED) is 0.772. The van der Waals surface area contributed by atoms with Crippen molar-refractivity contribution in [2.24, 2.45) is 0 Å². The Balaban J connectivity index is 1.96. The van der Waals surface area contributed by atoms with Crippen LogP contribution in [0.4, 0.5) is 5.82 Å². The Morgan fingerprint density at radius 1 is 1.21 bits per heavy atom. The van der Waals surface area contributed by atoms with Gasteiger partial charge in [-0.25, -0.2) is 4.98 Å². The molecule has 0 aromatic carbocycles. The molecule has 0 amide bonds. The molecule has 14 heavy (non-hydrogen) atoms. The van der Waals surface area contributed by atoms with E-state index in [-0.39, 0.29) is 0 Å². The van der Waals surface area contributed by atoms with Crippen LogP contribution in [0.15, 0.2) is 36.9 Å². The minimum atomic E-state index is 0.604. The van der Waals surface area contributed by atoms with Crippen LogP contribution in [-0.4, -0.2) is 20.2 Å². The van der Waals surface area contributed by atoms with Crippen LogP contribution in [0.1, 0.15) is 5.69 Å². The lowest BCUT2D eigenvalue weighted by molar-refractivity contribution is 0.919. The first-order valence-corrected chi connectivity index (χ1v) is 4.21. The molecular weight excluding hydrogens is 178 g/mol. The Labute approximate surface area is 81.3 Å². The first-order chi connectivity index (χ1) is 6.95. The molecule has 0 saturated carbocycles. The van der Waals surface area contributed by atoms with E-state index in [0.717, 1.165) is 11.5 Å². The Kier molecular flexibility index (Phi) is 2.61. The summed E-state index contributed by atoms with van der Waals surface area (Å²) in [5.74, 6) is 0.734. The zero-order valence-corrected chi connectivity index (χ0v) is 7.46. The van der Waals surface area contributed by atoms with E-state index in [0.29, 0.717) is 6.54 Å². The number of anilines is 1. The SMILES string of the molecule is c1cnnc(CNc2cnccn2)c1. The van der Waals surface area contributed by atoms with E-state index in [2.05, 4.69) is 25.5 Å². The van der Waals surface area contributed by atoms with Crippen LogP contribution in [0.2, 0.25) is 0 Å². The minimum Gasteiger partial charge on any atom is -0.363 e. The molecule has 5 heteroatoms. The number of aromatic nitrogens is 4. The van der Waals surface area contributed by atoms with E-state index in [4.69, 9.17) is 0 Å². The average Bonchev–Trinajstić information content (AvgIpc) is 2.29. The summed E-state index contributed by atoms with van der Waals surface area (Å²) in [6, 6.07) is 3.75. The molecule has 0 bridgehead atoms. The highest BCUT2D eigenvalue weighted by Crippen LogP contribution is 2.00. The average molecular weight is 187 g/mol. The van der Waals surface area contributed by atoms with Crippen LogP contribution in [-0.2, 0) is 6.54 Å². The zero-order chi connectivity index (χ0) is 9.64. The van der Waals surface area contributed by atoms with Crippen LogP contribution in [0.3, 0.4) is 0 Å². The van der Waals surface area contributed by atoms with Crippen LogP contribution < -0.4 is 5.32 Å². The Bertz CT molecular complexity index is 335. The van der Waals surface area contributed by atoms with Gasteiger partial charge >= 0.3 is 0 Å². The molecule has 0 saturated heterocycles. The summed E-state index contributed by atoms with van der Waals surface area (Å²) in [5, 5.41) is 10.8.